The number of imidazole rings is 2. The first-order valence-corrected chi connectivity index (χ1v) is 6.39. The highest BCUT2D eigenvalue weighted by molar-refractivity contribution is 5.11. The van der Waals surface area contributed by atoms with Crippen LogP contribution in [0, 0.1) is 5.92 Å². The summed E-state index contributed by atoms with van der Waals surface area (Å²) in [4.78, 5) is 0. The van der Waals surface area contributed by atoms with Gasteiger partial charge in [0.2, 0.25) is 12.7 Å². The van der Waals surface area contributed by atoms with E-state index in [-0.39, 0.29) is 0 Å². The molecule has 0 amide bonds. The molecular formula is C14H20N4+2. The fraction of sp³-hybridized carbons (Fsp3) is 0.429. The van der Waals surface area contributed by atoms with Crippen LogP contribution in [0.15, 0.2) is 49.6 Å². The lowest BCUT2D eigenvalue weighted by molar-refractivity contribution is -0.671. The third-order valence-corrected chi connectivity index (χ3v) is 3.85. The molecule has 1 aliphatic carbocycles. The molecule has 4 heteroatoms. The number of nitrogens with zero attached hydrogens (tertiary/aromatic N) is 4. The van der Waals surface area contributed by atoms with Gasteiger partial charge in [-0.05, 0) is 12.2 Å². The Morgan fingerprint density at radius 1 is 0.833 bits per heavy atom. The highest BCUT2D eigenvalue weighted by atomic mass is 15.2. The number of allylic oxidation sites excluding steroid dienone is 2. The molecule has 18 heavy (non-hydrogen) atoms. The van der Waals surface area contributed by atoms with Crippen molar-refractivity contribution in [1.82, 2.24) is 9.13 Å². The molecule has 2 aromatic rings. The van der Waals surface area contributed by atoms with E-state index in [1.807, 2.05) is 0 Å². The van der Waals surface area contributed by atoms with Gasteiger partial charge in [-0.3, -0.25) is 0 Å². The van der Waals surface area contributed by atoms with Crippen LogP contribution in [-0.4, -0.2) is 9.13 Å². The van der Waals surface area contributed by atoms with Gasteiger partial charge < -0.3 is 0 Å². The Balaban J connectivity index is 1.85. The molecule has 0 spiro atoms. The number of aromatic nitrogens is 4. The molecular weight excluding hydrogens is 224 g/mol. The van der Waals surface area contributed by atoms with Crippen molar-refractivity contribution in [2.75, 3.05) is 0 Å². The first-order valence-electron chi connectivity index (χ1n) is 6.39. The first kappa shape index (κ1) is 11.3. The molecule has 2 atom stereocenters. The van der Waals surface area contributed by atoms with Crippen LogP contribution >= 0.6 is 0 Å². The van der Waals surface area contributed by atoms with Gasteiger partial charge in [-0.2, -0.15) is 0 Å². The predicted octanol–water partition coefficient (Wildman–Crippen LogP) is 0.927. The van der Waals surface area contributed by atoms with Crippen molar-refractivity contribution in [1.29, 1.82) is 0 Å². The van der Waals surface area contributed by atoms with Gasteiger partial charge >= 0.3 is 0 Å². The zero-order chi connectivity index (χ0) is 12.7. The van der Waals surface area contributed by atoms with Crippen LogP contribution < -0.4 is 9.13 Å². The van der Waals surface area contributed by atoms with Crippen molar-refractivity contribution in [3.8, 4) is 0 Å². The first-order chi connectivity index (χ1) is 8.65. The van der Waals surface area contributed by atoms with E-state index in [9.17, 15) is 0 Å². The largest absolute Gasteiger partial charge is 0.244 e. The summed E-state index contributed by atoms with van der Waals surface area (Å²) in [5, 5.41) is 0. The number of hydrogen-bond donors (Lipinski definition) is 0. The molecule has 0 aromatic carbocycles. The van der Waals surface area contributed by atoms with Crippen LogP contribution in [0.2, 0.25) is 0 Å². The summed E-state index contributed by atoms with van der Waals surface area (Å²) in [6.07, 6.45) is 17.4. The molecule has 0 saturated heterocycles. The van der Waals surface area contributed by atoms with E-state index in [1.54, 1.807) is 0 Å². The molecule has 0 bridgehead atoms. The highest BCUT2D eigenvalue weighted by Gasteiger charge is 2.35. The van der Waals surface area contributed by atoms with Crippen molar-refractivity contribution < 1.29 is 9.13 Å². The summed E-state index contributed by atoms with van der Waals surface area (Å²) in [7, 11) is 4.12. The van der Waals surface area contributed by atoms with Crippen molar-refractivity contribution in [3.63, 3.8) is 0 Å². The maximum Gasteiger partial charge on any atom is 0.244 e. The molecule has 94 valence electrons. The molecule has 3 rings (SSSR count). The van der Waals surface area contributed by atoms with Crippen LogP contribution in [0.5, 0.6) is 0 Å². The van der Waals surface area contributed by atoms with Crippen molar-refractivity contribution in [2.24, 2.45) is 20.0 Å². The third-order valence-electron chi connectivity index (χ3n) is 3.85. The Bertz CT molecular complexity index is 528. The van der Waals surface area contributed by atoms with Crippen molar-refractivity contribution >= 4 is 0 Å². The topological polar surface area (TPSA) is 17.6 Å². The Labute approximate surface area is 107 Å². The molecule has 0 N–H and O–H groups in total. The molecule has 2 aromatic heterocycles. The molecule has 2 unspecified atom stereocenters. The van der Waals surface area contributed by atoms with E-state index < -0.39 is 0 Å². The van der Waals surface area contributed by atoms with E-state index in [0.717, 1.165) is 0 Å². The maximum atomic E-state index is 2.31. The minimum absolute atomic E-state index is 0.448. The standard InChI is InChI=1S/C14H20N4/c1-12-13(17-8-6-15(2)10-17)4-5-14(12)18-9-7-16(3)11-18/h4-14H,1-3H3/q+2. The van der Waals surface area contributed by atoms with Gasteiger partial charge in [0.25, 0.3) is 0 Å². The fourth-order valence-electron chi connectivity index (χ4n) is 2.81. The molecule has 0 aliphatic heterocycles. The summed E-state index contributed by atoms with van der Waals surface area (Å²) >= 11 is 0. The quantitative estimate of drug-likeness (QED) is 0.552. The van der Waals surface area contributed by atoms with Gasteiger partial charge in [0.05, 0.1) is 14.1 Å². The second kappa shape index (κ2) is 4.12. The van der Waals surface area contributed by atoms with Crippen LogP contribution in [0.4, 0.5) is 0 Å². The molecule has 0 saturated carbocycles. The van der Waals surface area contributed by atoms with Crippen molar-refractivity contribution in [3.05, 3.63) is 49.6 Å². The van der Waals surface area contributed by atoms with E-state index >= 15 is 0 Å². The minimum atomic E-state index is 0.448. The molecule has 4 nitrogen and oxygen atoms in total. The van der Waals surface area contributed by atoms with Crippen LogP contribution in [0.1, 0.15) is 19.0 Å². The lowest BCUT2D eigenvalue weighted by atomic mass is 10.0. The average Bonchev–Trinajstić information content (AvgIpc) is 3.00. The fourth-order valence-corrected chi connectivity index (χ4v) is 2.81. The smallest absolute Gasteiger partial charge is 0.240 e. The van der Waals surface area contributed by atoms with E-state index in [2.05, 4.69) is 88.9 Å². The zero-order valence-corrected chi connectivity index (χ0v) is 11.1. The lowest BCUT2D eigenvalue weighted by Gasteiger charge is -2.16. The van der Waals surface area contributed by atoms with Gasteiger partial charge in [0, 0.05) is 5.92 Å². The van der Waals surface area contributed by atoms with Crippen LogP contribution in [0.25, 0.3) is 0 Å². The second-order valence-corrected chi connectivity index (χ2v) is 5.28. The molecule has 2 heterocycles. The molecule has 0 radical (unpaired) electrons. The van der Waals surface area contributed by atoms with E-state index in [1.165, 1.54) is 0 Å². The van der Waals surface area contributed by atoms with Crippen LogP contribution in [0.3, 0.4) is 0 Å². The Hall–Kier alpha value is -1.84. The SMILES string of the molecule is CC1C(n2cc[n+](C)c2)C=CC1n1cc[n+](C)c1. The van der Waals surface area contributed by atoms with E-state index in [0.29, 0.717) is 18.0 Å². The summed E-state index contributed by atoms with van der Waals surface area (Å²) in [5.41, 5.74) is 0. The van der Waals surface area contributed by atoms with Gasteiger partial charge in [0.15, 0.2) is 0 Å². The Kier molecular flexibility index (Phi) is 2.58. The highest BCUT2D eigenvalue weighted by Crippen LogP contribution is 2.36. The zero-order valence-electron chi connectivity index (χ0n) is 11.1. The van der Waals surface area contributed by atoms with Gasteiger partial charge in [-0.25, -0.2) is 18.3 Å². The number of rotatable bonds is 2. The third kappa shape index (κ3) is 1.78. The molecule has 1 aliphatic rings. The van der Waals surface area contributed by atoms with Crippen molar-refractivity contribution in [2.45, 2.75) is 19.0 Å². The number of hydrogen-bond acceptors (Lipinski definition) is 0. The monoisotopic (exact) mass is 244 g/mol. The normalized spacial score (nSPS) is 26.9. The van der Waals surface area contributed by atoms with Gasteiger partial charge in [-0.1, -0.05) is 6.92 Å². The van der Waals surface area contributed by atoms with E-state index in [4.69, 9.17) is 0 Å². The Morgan fingerprint density at radius 3 is 1.61 bits per heavy atom. The second-order valence-electron chi connectivity index (χ2n) is 5.28. The number of aryl methyl sites for hydroxylation is 2. The van der Waals surface area contributed by atoms with Crippen LogP contribution in [-0.2, 0) is 14.1 Å². The minimum Gasteiger partial charge on any atom is -0.240 e. The maximum absolute atomic E-state index is 2.31. The summed E-state index contributed by atoms with van der Waals surface area (Å²) in [6.45, 7) is 2.31. The summed E-state index contributed by atoms with van der Waals surface area (Å²) in [6, 6.07) is 0.896. The van der Waals surface area contributed by atoms with Gasteiger partial charge in [-0.15, -0.1) is 0 Å². The lowest BCUT2D eigenvalue weighted by Crippen LogP contribution is -2.26. The summed E-state index contributed by atoms with van der Waals surface area (Å²) < 4.78 is 8.74. The average molecular weight is 244 g/mol. The molecule has 0 fully saturated rings. The predicted molar refractivity (Wildman–Crippen MR) is 67.6 cm³/mol. The Morgan fingerprint density at radius 2 is 1.28 bits per heavy atom. The summed E-state index contributed by atoms with van der Waals surface area (Å²) in [5.74, 6) is 0.560. The van der Waals surface area contributed by atoms with Gasteiger partial charge in [0.1, 0.15) is 36.9 Å².